The Labute approximate surface area is 161 Å². The Hall–Kier alpha value is -2.27. The molecule has 0 unspecified atom stereocenters. The molecule has 4 rings (SSSR count). The van der Waals surface area contributed by atoms with Crippen LogP contribution in [0.3, 0.4) is 0 Å². The average molecular weight is 367 g/mol. The number of nitrogens with zero attached hydrogens (tertiary/aromatic N) is 2. The van der Waals surface area contributed by atoms with Crippen molar-refractivity contribution in [2.45, 2.75) is 46.2 Å². The number of benzene rings is 1. The van der Waals surface area contributed by atoms with E-state index < -0.39 is 0 Å². The quantitative estimate of drug-likeness (QED) is 0.870. The Balaban J connectivity index is 1.74. The monoisotopic (exact) mass is 366 g/mol. The molecular weight excluding hydrogens is 336 g/mol. The van der Waals surface area contributed by atoms with E-state index in [9.17, 15) is 4.79 Å². The molecule has 0 saturated carbocycles. The number of amides is 2. The molecule has 1 aromatic heterocycles. The Kier molecular flexibility index (Phi) is 4.72. The zero-order valence-corrected chi connectivity index (χ0v) is 16.8. The van der Waals surface area contributed by atoms with Crippen molar-refractivity contribution in [3.05, 3.63) is 41.1 Å². The normalized spacial score (nSPS) is 21.7. The maximum Gasteiger partial charge on any atom is 0.317 e. The second kappa shape index (κ2) is 7.04. The number of aromatic nitrogens is 1. The summed E-state index contributed by atoms with van der Waals surface area (Å²) >= 11 is 0. The van der Waals surface area contributed by atoms with Crippen molar-refractivity contribution < 1.29 is 4.79 Å². The molecule has 2 N–H and O–H groups in total. The molecule has 2 atom stereocenters. The molecular formula is C22H30N4O. The van der Waals surface area contributed by atoms with Gasteiger partial charge in [-0.3, -0.25) is 4.90 Å². The Morgan fingerprint density at radius 1 is 1.30 bits per heavy atom. The van der Waals surface area contributed by atoms with E-state index in [1.54, 1.807) is 0 Å². The van der Waals surface area contributed by atoms with Gasteiger partial charge in [0.1, 0.15) is 0 Å². The van der Waals surface area contributed by atoms with E-state index in [4.69, 9.17) is 0 Å². The second-order valence-electron chi connectivity index (χ2n) is 7.61. The van der Waals surface area contributed by atoms with Crippen LogP contribution < -0.4 is 5.32 Å². The Morgan fingerprint density at radius 3 is 2.78 bits per heavy atom. The first-order valence-electron chi connectivity index (χ1n) is 10.2. The number of hydrogen-bond acceptors (Lipinski definition) is 2. The number of fused-ring (bicyclic) bond motifs is 2. The number of rotatable bonds is 4. The van der Waals surface area contributed by atoms with Gasteiger partial charge in [-0.2, -0.15) is 0 Å². The minimum atomic E-state index is 0.0311. The predicted octanol–water partition coefficient (Wildman–Crippen LogP) is 3.54. The van der Waals surface area contributed by atoms with Gasteiger partial charge in [0.2, 0.25) is 0 Å². The highest BCUT2D eigenvalue weighted by Gasteiger charge is 2.35. The predicted molar refractivity (Wildman–Crippen MR) is 111 cm³/mol. The van der Waals surface area contributed by atoms with Gasteiger partial charge in [-0.15, -0.1) is 0 Å². The fraction of sp³-hybridized carbons (Fsp3) is 0.500. The molecule has 2 heterocycles. The molecule has 5 nitrogen and oxygen atoms in total. The molecule has 0 saturated heterocycles. The number of urea groups is 1. The lowest BCUT2D eigenvalue weighted by Gasteiger charge is -2.42. The van der Waals surface area contributed by atoms with Crippen LogP contribution >= 0.6 is 0 Å². The number of hydrogen-bond donors (Lipinski definition) is 2. The lowest BCUT2D eigenvalue weighted by molar-refractivity contribution is 0.186. The molecule has 27 heavy (non-hydrogen) atoms. The standard InChI is InChI=1S/C22H30N4O/c1-5-25(6-2)22(27)24-15-11-18-16-9-8-10-19-21(16)17(14(4)23-19)12-20(18)26(7-3)13-15/h8-11,15,20,23H,5-7,12-13H2,1-4H3,(H,24,27)/t15-,20+/m0/s1. The highest BCUT2D eigenvalue weighted by Crippen LogP contribution is 2.41. The van der Waals surface area contributed by atoms with Crippen LogP contribution in [-0.2, 0) is 6.42 Å². The van der Waals surface area contributed by atoms with Crippen LogP contribution in [0.1, 0.15) is 37.6 Å². The lowest BCUT2D eigenvalue weighted by atomic mass is 9.80. The third-order valence-electron chi connectivity index (χ3n) is 6.23. The SMILES string of the molecule is CCN(CC)C(=O)N[C@H]1C=C2c3cccc4[nH]c(C)c(c34)C[C@H]2N(CC)C1. The topological polar surface area (TPSA) is 51.4 Å². The van der Waals surface area contributed by atoms with E-state index in [1.165, 1.54) is 33.3 Å². The molecule has 1 aliphatic carbocycles. The Bertz CT molecular complexity index is 893. The maximum atomic E-state index is 12.6. The molecule has 0 spiro atoms. The first-order valence-corrected chi connectivity index (χ1v) is 10.2. The minimum Gasteiger partial charge on any atom is -0.358 e. The molecule has 0 bridgehead atoms. The fourth-order valence-corrected chi connectivity index (χ4v) is 4.80. The third kappa shape index (κ3) is 2.94. The summed E-state index contributed by atoms with van der Waals surface area (Å²) in [6.07, 6.45) is 3.34. The molecule has 0 fully saturated rings. The summed E-state index contributed by atoms with van der Waals surface area (Å²) in [5, 5.41) is 4.61. The van der Waals surface area contributed by atoms with Crippen LogP contribution in [0.15, 0.2) is 24.3 Å². The van der Waals surface area contributed by atoms with E-state index in [0.29, 0.717) is 6.04 Å². The number of carbonyl (C=O) groups is 1. The van der Waals surface area contributed by atoms with Gasteiger partial charge in [0.15, 0.2) is 0 Å². The van der Waals surface area contributed by atoms with Crippen LogP contribution in [0.4, 0.5) is 4.79 Å². The fourth-order valence-electron chi connectivity index (χ4n) is 4.80. The number of H-pyrrole nitrogens is 1. The van der Waals surface area contributed by atoms with Gasteiger partial charge >= 0.3 is 6.03 Å². The molecule has 144 valence electrons. The average Bonchev–Trinajstić information content (AvgIpc) is 2.99. The molecule has 0 radical (unpaired) electrons. The number of nitrogens with one attached hydrogen (secondary N) is 2. The number of aryl methyl sites for hydroxylation is 1. The first-order chi connectivity index (χ1) is 13.1. The van der Waals surface area contributed by atoms with E-state index >= 15 is 0 Å². The summed E-state index contributed by atoms with van der Waals surface area (Å²) in [6, 6.07) is 7.00. The van der Waals surface area contributed by atoms with Gasteiger partial charge < -0.3 is 15.2 Å². The van der Waals surface area contributed by atoms with E-state index in [-0.39, 0.29) is 12.1 Å². The number of likely N-dealkylation sites (N-methyl/N-ethyl adjacent to an activating group) is 1. The van der Waals surface area contributed by atoms with Gasteiger partial charge in [-0.1, -0.05) is 25.1 Å². The summed E-state index contributed by atoms with van der Waals surface area (Å²) in [6.45, 7) is 11.8. The van der Waals surface area contributed by atoms with E-state index in [2.05, 4.69) is 53.3 Å². The van der Waals surface area contributed by atoms with Crippen molar-refractivity contribution in [2.24, 2.45) is 0 Å². The molecule has 2 amide bonds. The molecule has 1 aromatic carbocycles. The van der Waals surface area contributed by atoms with Crippen molar-refractivity contribution in [1.29, 1.82) is 0 Å². The molecule has 5 heteroatoms. The smallest absolute Gasteiger partial charge is 0.317 e. The molecule has 1 aliphatic heterocycles. The van der Waals surface area contributed by atoms with Gasteiger partial charge in [-0.25, -0.2) is 4.79 Å². The highest BCUT2D eigenvalue weighted by atomic mass is 16.2. The van der Waals surface area contributed by atoms with Crippen molar-refractivity contribution >= 4 is 22.5 Å². The highest BCUT2D eigenvalue weighted by molar-refractivity contribution is 5.99. The largest absolute Gasteiger partial charge is 0.358 e. The van der Waals surface area contributed by atoms with Gasteiger partial charge in [0.05, 0.1) is 6.04 Å². The summed E-state index contributed by atoms with van der Waals surface area (Å²) in [5.74, 6) is 0. The minimum absolute atomic E-state index is 0.0311. The summed E-state index contributed by atoms with van der Waals surface area (Å²) < 4.78 is 0. The van der Waals surface area contributed by atoms with Crippen molar-refractivity contribution in [2.75, 3.05) is 26.2 Å². The van der Waals surface area contributed by atoms with Crippen LogP contribution in [0.5, 0.6) is 0 Å². The van der Waals surface area contributed by atoms with Gasteiger partial charge in [0.25, 0.3) is 0 Å². The van der Waals surface area contributed by atoms with Crippen molar-refractivity contribution in [3.63, 3.8) is 0 Å². The lowest BCUT2D eigenvalue weighted by Crippen LogP contribution is -2.53. The zero-order chi connectivity index (χ0) is 19.1. The summed E-state index contributed by atoms with van der Waals surface area (Å²) in [7, 11) is 0. The van der Waals surface area contributed by atoms with Crippen LogP contribution in [-0.4, -0.2) is 59.1 Å². The zero-order valence-electron chi connectivity index (χ0n) is 16.8. The van der Waals surface area contributed by atoms with Crippen molar-refractivity contribution in [3.8, 4) is 0 Å². The van der Waals surface area contributed by atoms with E-state index in [0.717, 1.165) is 32.6 Å². The van der Waals surface area contributed by atoms with Gasteiger partial charge in [0, 0.05) is 42.3 Å². The van der Waals surface area contributed by atoms with Crippen molar-refractivity contribution in [1.82, 2.24) is 20.1 Å². The van der Waals surface area contributed by atoms with E-state index in [1.807, 2.05) is 18.7 Å². The third-order valence-corrected chi connectivity index (χ3v) is 6.23. The van der Waals surface area contributed by atoms with Gasteiger partial charge in [-0.05, 0) is 56.5 Å². The van der Waals surface area contributed by atoms with Crippen LogP contribution in [0, 0.1) is 6.92 Å². The molecule has 2 aliphatic rings. The number of aromatic amines is 1. The van der Waals surface area contributed by atoms with Crippen LogP contribution in [0.25, 0.3) is 16.5 Å². The number of carbonyl (C=O) groups excluding carboxylic acids is 1. The maximum absolute atomic E-state index is 12.6. The Morgan fingerprint density at radius 2 is 2.07 bits per heavy atom. The first kappa shape index (κ1) is 18.1. The second-order valence-corrected chi connectivity index (χ2v) is 7.61. The summed E-state index contributed by atoms with van der Waals surface area (Å²) in [4.78, 5) is 20.5. The summed E-state index contributed by atoms with van der Waals surface area (Å²) in [5.41, 5.74) is 6.64. The molecule has 2 aromatic rings. The van der Waals surface area contributed by atoms with Crippen LogP contribution in [0.2, 0.25) is 0 Å².